The summed E-state index contributed by atoms with van der Waals surface area (Å²) in [4.78, 5) is 10.3. The number of hydrogen-bond acceptors (Lipinski definition) is 4. The Morgan fingerprint density at radius 3 is 3.04 bits per heavy atom. The number of hydrogen-bond donors (Lipinski definition) is 1. The number of benzene rings is 1. The molecule has 0 spiro atoms. The van der Waals surface area contributed by atoms with Gasteiger partial charge in [-0.25, -0.2) is 4.98 Å². The number of nitriles is 1. The summed E-state index contributed by atoms with van der Waals surface area (Å²) in [5.41, 5.74) is 3.71. The lowest BCUT2D eigenvalue weighted by Gasteiger charge is -2.33. The summed E-state index contributed by atoms with van der Waals surface area (Å²) in [5, 5.41) is 9.36. The number of H-pyrrole nitrogens is 1. The lowest BCUT2D eigenvalue weighted by Crippen LogP contribution is -2.36. The number of imidazole rings is 1. The first-order chi connectivity index (χ1) is 12.8. The number of fused-ring (bicyclic) bond motifs is 1. The van der Waals surface area contributed by atoms with Crippen LogP contribution < -0.4 is 0 Å². The number of aromatic nitrogens is 2. The molecular weight excluding hydrogens is 324 g/mol. The molecule has 26 heavy (non-hydrogen) atoms. The molecule has 5 nitrogen and oxygen atoms in total. The van der Waals surface area contributed by atoms with Crippen LogP contribution in [0.2, 0.25) is 0 Å². The van der Waals surface area contributed by atoms with Gasteiger partial charge < -0.3 is 9.40 Å². The Morgan fingerprint density at radius 1 is 1.31 bits per heavy atom. The van der Waals surface area contributed by atoms with Crippen molar-refractivity contribution in [1.29, 1.82) is 5.26 Å². The summed E-state index contributed by atoms with van der Waals surface area (Å²) in [6, 6.07) is 13.8. The van der Waals surface area contributed by atoms with Gasteiger partial charge in [-0.05, 0) is 37.2 Å². The highest BCUT2D eigenvalue weighted by molar-refractivity contribution is 5.66. The van der Waals surface area contributed by atoms with Crippen LogP contribution in [0.1, 0.15) is 48.5 Å². The van der Waals surface area contributed by atoms with Gasteiger partial charge in [0.15, 0.2) is 0 Å². The van der Waals surface area contributed by atoms with E-state index < -0.39 is 0 Å². The van der Waals surface area contributed by atoms with E-state index in [-0.39, 0.29) is 6.04 Å². The molecule has 132 valence electrons. The number of nitrogens with one attached hydrogen (secondary N) is 1. The monoisotopic (exact) mass is 346 g/mol. The van der Waals surface area contributed by atoms with Crippen LogP contribution in [0.3, 0.4) is 0 Å². The normalized spacial score (nSPS) is 17.0. The topological polar surface area (TPSA) is 68.8 Å². The smallest absolute Gasteiger partial charge is 0.135 e. The molecule has 0 fully saturated rings. The molecule has 0 saturated heterocycles. The fraction of sp³-hybridized carbons (Fsp3) is 0.333. The Kier molecular flexibility index (Phi) is 4.59. The predicted molar refractivity (Wildman–Crippen MR) is 99.5 cm³/mol. The zero-order chi connectivity index (χ0) is 17.9. The van der Waals surface area contributed by atoms with Crippen molar-refractivity contribution in [2.45, 2.75) is 32.2 Å². The molecule has 0 amide bonds. The maximum Gasteiger partial charge on any atom is 0.135 e. The number of furan rings is 1. The largest absolute Gasteiger partial charge is 0.459 e. The second kappa shape index (κ2) is 7.19. The molecular formula is C21H22N4O. The third kappa shape index (κ3) is 2.93. The predicted octanol–water partition coefficient (Wildman–Crippen LogP) is 4.29. The van der Waals surface area contributed by atoms with E-state index in [2.05, 4.69) is 27.9 Å². The molecule has 0 radical (unpaired) electrons. The van der Waals surface area contributed by atoms with Crippen LogP contribution in [0.25, 0.3) is 11.3 Å². The van der Waals surface area contributed by atoms with Crippen molar-refractivity contribution in [2.75, 3.05) is 13.1 Å². The second-order valence-corrected chi connectivity index (χ2v) is 6.67. The van der Waals surface area contributed by atoms with Crippen molar-refractivity contribution in [1.82, 2.24) is 14.9 Å². The first kappa shape index (κ1) is 16.6. The van der Waals surface area contributed by atoms with Gasteiger partial charge in [0.1, 0.15) is 17.6 Å². The average molecular weight is 346 g/mol. The van der Waals surface area contributed by atoms with E-state index in [1.807, 2.05) is 36.4 Å². The highest BCUT2D eigenvalue weighted by atomic mass is 16.3. The van der Waals surface area contributed by atoms with E-state index in [1.165, 1.54) is 5.69 Å². The van der Waals surface area contributed by atoms with Crippen molar-refractivity contribution in [2.24, 2.45) is 0 Å². The molecule has 5 heteroatoms. The van der Waals surface area contributed by atoms with Crippen LogP contribution >= 0.6 is 0 Å². The summed E-state index contributed by atoms with van der Waals surface area (Å²) < 4.78 is 6.24. The van der Waals surface area contributed by atoms with Crippen molar-refractivity contribution < 1.29 is 4.42 Å². The molecule has 1 atom stereocenters. The molecule has 2 aromatic heterocycles. The number of nitrogens with zero attached hydrogens (tertiary/aromatic N) is 3. The molecule has 1 aliphatic rings. The summed E-state index contributed by atoms with van der Waals surface area (Å²) >= 11 is 0. The fourth-order valence-electron chi connectivity index (χ4n) is 3.68. The van der Waals surface area contributed by atoms with E-state index in [4.69, 9.17) is 4.42 Å². The second-order valence-electron chi connectivity index (χ2n) is 6.67. The van der Waals surface area contributed by atoms with Gasteiger partial charge in [-0.15, -0.1) is 0 Å². The molecule has 1 N–H and O–H groups in total. The molecule has 0 aliphatic carbocycles. The van der Waals surface area contributed by atoms with Gasteiger partial charge in [0.2, 0.25) is 0 Å². The maximum atomic E-state index is 9.36. The van der Waals surface area contributed by atoms with Gasteiger partial charge in [-0.3, -0.25) is 4.90 Å². The quantitative estimate of drug-likeness (QED) is 0.748. The molecule has 4 rings (SSSR count). The maximum absolute atomic E-state index is 9.36. The molecule has 3 aromatic rings. The van der Waals surface area contributed by atoms with E-state index >= 15 is 0 Å². The number of aromatic amines is 1. The van der Waals surface area contributed by atoms with Crippen LogP contribution in [0, 0.1) is 11.3 Å². The molecule has 1 aromatic carbocycles. The summed E-state index contributed by atoms with van der Waals surface area (Å²) in [5.74, 6) is 1.62. The molecule has 1 aliphatic heterocycles. The van der Waals surface area contributed by atoms with Crippen molar-refractivity contribution in [3.8, 4) is 17.4 Å². The van der Waals surface area contributed by atoms with E-state index in [0.717, 1.165) is 55.1 Å². The first-order valence-electron chi connectivity index (χ1n) is 9.17. The molecule has 0 bridgehead atoms. The minimum atomic E-state index is 0.0274. The zero-order valence-electron chi connectivity index (χ0n) is 14.9. The number of unbranched alkanes of at least 4 members (excludes halogenated alkanes) is 1. The molecule has 3 heterocycles. The van der Waals surface area contributed by atoms with Gasteiger partial charge >= 0.3 is 0 Å². The Bertz CT molecular complexity index is 933. The van der Waals surface area contributed by atoms with Gasteiger partial charge in [-0.1, -0.05) is 25.5 Å². The van der Waals surface area contributed by atoms with E-state index in [9.17, 15) is 5.26 Å². The first-order valence-corrected chi connectivity index (χ1v) is 9.17. The minimum absolute atomic E-state index is 0.0274. The minimum Gasteiger partial charge on any atom is -0.459 e. The molecule has 1 unspecified atom stereocenters. The Hall–Kier alpha value is -2.84. The summed E-state index contributed by atoms with van der Waals surface area (Å²) in [6.45, 7) is 4.23. The van der Waals surface area contributed by atoms with Gasteiger partial charge in [0.05, 0.1) is 23.7 Å². The summed E-state index contributed by atoms with van der Waals surface area (Å²) in [6.07, 6.45) is 5.08. The third-order valence-corrected chi connectivity index (χ3v) is 5.03. The zero-order valence-corrected chi connectivity index (χ0v) is 14.9. The standard InChI is InChI=1S/C21H22N4O/c1-2-3-11-25-12-10-17-20(24-14-23-17)21(25)19-9-8-18(26-19)16-7-5-4-6-15(16)13-22/h4-9,14,21H,2-3,10-12H2,1H3,(H,23,24). The lowest BCUT2D eigenvalue weighted by atomic mass is 10.00. The number of rotatable bonds is 5. The highest BCUT2D eigenvalue weighted by Crippen LogP contribution is 2.36. The lowest BCUT2D eigenvalue weighted by molar-refractivity contribution is 0.186. The van der Waals surface area contributed by atoms with E-state index in [0.29, 0.717) is 5.56 Å². The Labute approximate surface area is 153 Å². The van der Waals surface area contributed by atoms with Crippen molar-refractivity contribution in [3.63, 3.8) is 0 Å². The SMILES string of the molecule is CCCCN1CCc2[nH]cnc2C1c1ccc(-c2ccccc2C#N)o1. The highest BCUT2D eigenvalue weighted by Gasteiger charge is 2.33. The average Bonchev–Trinajstić information content (AvgIpc) is 3.35. The van der Waals surface area contributed by atoms with Gasteiger partial charge in [-0.2, -0.15) is 5.26 Å². The fourth-order valence-corrected chi connectivity index (χ4v) is 3.68. The van der Waals surface area contributed by atoms with Crippen LogP contribution in [0.15, 0.2) is 47.1 Å². The van der Waals surface area contributed by atoms with Crippen LogP contribution in [-0.4, -0.2) is 28.0 Å². The van der Waals surface area contributed by atoms with Crippen LogP contribution in [0.4, 0.5) is 0 Å². The summed E-state index contributed by atoms with van der Waals surface area (Å²) in [7, 11) is 0. The van der Waals surface area contributed by atoms with Crippen LogP contribution in [0.5, 0.6) is 0 Å². The van der Waals surface area contributed by atoms with Gasteiger partial charge in [0, 0.05) is 24.2 Å². The third-order valence-electron chi connectivity index (χ3n) is 5.03. The van der Waals surface area contributed by atoms with E-state index in [1.54, 1.807) is 6.33 Å². The Morgan fingerprint density at radius 2 is 2.19 bits per heavy atom. The van der Waals surface area contributed by atoms with Crippen molar-refractivity contribution in [3.05, 3.63) is 65.4 Å². The van der Waals surface area contributed by atoms with Crippen molar-refractivity contribution >= 4 is 0 Å². The molecule has 0 saturated carbocycles. The Balaban J connectivity index is 1.72. The van der Waals surface area contributed by atoms with Gasteiger partial charge in [0.25, 0.3) is 0 Å². The van der Waals surface area contributed by atoms with Crippen LogP contribution in [-0.2, 0) is 6.42 Å².